The molecule has 0 bridgehead atoms. The highest BCUT2D eigenvalue weighted by molar-refractivity contribution is 7.17. The van der Waals surface area contributed by atoms with E-state index in [0.29, 0.717) is 57.4 Å². The van der Waals surface area contributed by atoms with Gasteiger partial charge in [-0.3, -0.25) is 19.4 Å². The first-order chi connectivity index (χ1) is 25.6. The highest BCUT2D eigenvalue weighted by atomic mass is 32.1. The van der Waals surface area contributed by atoms with Gasteiger partial charge < -0.3 is 25.2 Å². The van der Waals surface area contributed by atoms with Crippen LogP contribution in [0, 0.1) is 32.0 Å². The number of carbonyl (C=O) groups excluding carboxylic acids is 3. The summed E-state index contributed by atoms with van der Waals surface area (Å²) in [7, 11) is 0. The minimum absolute atomic E-state index is 0.157. The number of carbonyl (C=O) groups is 3. The molecule has 3 aromatic heterocycles. The number of benzene rings is 2. The first-order valence-electron chi connectivity index (χ1n) is 17.8. The number of nitrogens with one attached hydrogen (secondary N) is 2. The minimum Gasteiger partial charge on any atom is -0.381 e. The average molecular weight is 731 g/mol. The zero-order valence-corrected chi connectivity index (χ0v) is 30.6. The van der Waals surface area contributed by atoms with E-state index in [0.717, 1.165) is 60.8 Å². The summed E-state index contributed by atoms with van der Waals surface area (Å²) in [4.78, 5) is 55.6. The molecule has 2 saturated heterocycles. The van der Waals surface area contributed by atoms with Crippen molar-refractivity contribution in [2.45, 2.75) is 40.0 Å². The Morgan fingerprint density at radius 2 is 1.70 bits per heavy atom. The number of halogens is 1. The maximum Gasteiger partial charge on any atom is 0.265 e. The number of rotatable bonds is 6. The Morgan fingerprint density at radius 3 is 2.45 bits per heavy atom. The quantitative estimate of drug-likeness (QED) is 0.185. The van der Waals surface area contributed by atoms with Crippen molar-refractivity contribution < 1.29 is 23.5 Å². The summed E-state index contributed by atoms with van der Waals surface area (Å²) in [5.41, 5.74) is 6.45. The highest BCUT2D eigenvalue weighted by Gasteiger charge is 2.45. The Balaban J connectivity index is 0.989. The molecule has 2 N–H and O–H groups in total. The van der Waals surface area contributed by atoms with E-state index in [1.54, 1.807) is 54.4 Å². The molecule has 10 nitrogen and oxygen atoms in total. The Kier molecular flexibility index (Phi) is 9.03. The summed E-state index contributed by atoms with van der Waals surface area (Å²) >= 11 is 1.28. The first-order valence-corrected chi connectivity index (χ1v) is 18.6. The number of pyridine rings is 2. The minimum atomic E-state index is -0.493. The van der Waals surface area contributed by atoms with Crippen LogP contribution in [-0.2, 0) is 11.2 Å². The van der Waals surface area contributed by atoms with Gasteiger partial charge in [-0.25, -0.2) is 9.37 Å². The monoisotopic (exact) mass is 730 g/mol. The van der Waals surface area contributed by atoms with Crippen LogP contribution in [0.1, 0.15) is 65.6 Å². The lowest BCUT2D eigenvalue weighted by Crippen LogP contribution is -2.59. The van der Waals surface area contributed by atoms with Gasteiger partial charge in [-0.2, -0.15) is 0 Å². The normalized spacial score (nSPS) is 15.9. The molecule has 270 valence electrons. The number of anilines is 4. The maximum absolute atomic E-state index is 14.5. The summed E-state index contributed by atoms with van der Waals surface area (Å²) in [6, 6.07) is 19.0. The molecule has 0 saturated carbocycles. The van der Waals surface area contributed by atoms with Crippen molar-refractivity contribution in [2.24, 2.45) is 5.41 Å². The fraction of sp³-hybridized carbons (Fsp3) is 0.293. The van der Waals surface area contributed by atoms with E-state index in [1.165, 1.54) is 17.4 Å². The van der Waals surface area contributed by atoms with Crippen LogP contribution >= 0.6 is 11.3 Å². The number of para-hydroxylation sites is 1. The van der Waals surface area contributed by atoms with Gasteiger partial charge in [0.25, 0.3) is 17.7 Å². The van der Waals surface area contributed by atoms with E-state index in [2.05, 4.69) is 15.5 Å². The van der Waals surface area contributed by atoms with Crippen LogP contribution in [0.25, 0.3) is 10.6 Å². The first kappa shape index (κ1) is 34.6. The second-order valence-electron chi connectivity index (χ2n) is 14.3. The Bertz CT molecular complexity index is 2240. The number of aryl methyl sites for hydroxylation is 3. The van der Waals surface area contributed by atoms with Crippen molar-refractivity contribution in [2.75, 3.05) is 53.3 Å². The van der Waals surface area contributed by atoms with E-state index in [1.807, 2.05) is 38.1 Å². The third kappa shape index (κ3) is 6.68. The van der Waals surface area contributed by atoms with Crippen molar-refractivity contribution in [1.82, 2.24) is 9.97 Å². The van der Waals surface area contributed by atoms with Crippen LogP contribution in [0.15, 0.2) is 72.9 Å². The molecule has 6 heterocycles. The molecule has 53 heavy (non-hydrogen) atoms. The molecule has 3 amide bonds. The van der Waals surface area contributed by atoms with Crippen LogP contribution in [0.2, 0.25) is 0 Å². The van der Waals surface area contributed by atoms with Gasteiger partial charge in [0.1, 0.15) is 17.3 Å². The number of hydrogen-bond donors (Lipinski definition) is 2. The molecule has 8 rings (SSSR count). The zero-order valence-electron chi connectivity index (χ0n) is 29.8. The third-order valence-corrected chi connectivity index (χ3v) is 11.6. The average Bonchev–Trinajstić information content (AvgIpc) is 3.50. The summed E-state index contributed by atoms with van der Waals surface area (Å²) in [5, 5.41) is 5.73. The standard InChI is InChI=1S/C41H39FN6O4S/c1-24-19-32-35(43-21-24)36-28(20-33(53-36)39(50)46-34-25(2)5-4-6-31(34)42)13-16-48(32)40(51)27-8-10-29(11-9-27)45-38(49)30-12-7-26(3)44-37(30)47-22-41(23-47)14-17-52-18-15-41/h4-12,19-21H,13-18,22-23H2,1-3H3,(H,45,49)(H,46,50). The predicted octanol–water partition coefficient (Wildman–Crippen LogP) is 7.59. The van der Waals surface area contributed by atoms with Crippen molar-refractivity contribution in [3.8, 4) is 10.6 Å². The van der Waals surface area contributed by atoms with Crippen LogP contribution in [-0.4, -0.2) is 60.5 Å². The summed E-state index contributed by atoms with van der Waals surface area (Å²) in [5.74, 6) is -0.664. The van der Waals surface area contributed by atoms with Gasteiger partial charge in [0.05, 0.1) is 26.7 Å². The SMILES string of the molecule is Cc1cnc2c(c1)N(C(=O)c1ccc(NC(=O)c3ccc(C)nc3N3CC4(CCOCC4)C3)cc1)CCc1cc(C(=O)Nc3c(C)cccc3F)sc1-2. The Morgan fingerprint density at radius 1 is 0.925 bits per heavy atom. The Labute approximate surface area is 311 Å². The van der Waals surface area contributed by atoms with Crippen molar-refractivity contribution in [3.63, 3.8) is 0 Å². The smallest absolute Gasteiger partial charge is 0.265 e. The van der Waals surface area contributed by atoms with Crippen molar-refractivity contribution >= 4 is 51.9 Å². The van der Waals surface area contributed by atoms with Gasteiger partial charge >= 0.3 is 0 Å². The number of fused-ring (bicyclic) bond motifs is 3. The number of hydrogen-bond acceptors (Lipinski definition) is 8. The molecule has 2 aromatic carbocycles. The van der Waals surface area contributed by atoms with Gasteiger partial charge in [0, 0.05) is 61.4 Å². The van der Waals surface area contributed by atoms with Gasteiger partial charge in [-0.1, -0.05) is 12.1 Å². The Hall–Kier alpha value is -5.46. The van der Waals surface area contributed by atoms with Crippen molar-refractivity contribution in [3.05, 3.63) is 117 Å². The topological polar surface area (TPSA) is 117 Å². The fourth-order valence-electron chi connectivity index (χ4n) is 7.44. The summed E-state index contributed by atoms with van der Waals surface area (Å²) < 4.78 is 20.1. The molecule has 0 unspecified atom stereocenters. The lowest BCUT2D eigenvalue weighted by atomic mass is 9.73. The van der Waals surface area contributed by atoms with Crippen molar-refractivity contribution in [1.29, 1.82) is 0 Å². The molecule has 0 aliphatic carbocycles. The summed E-state index contributed by atoms with van der Waals surface area (Å²) in [6.45, 7) is 9.22. The van der Waals surface area contributed by atoms with Gasteiger partial charge in [-0.15, -0.1) is 11.3 Å². The second-order valence-corrected chi connectivity index (χ2v) is 15.3. The summed E-state index contributed by atoms with van der Waals surface area (Å²) in [6.07, 6.45) is 4.28. The molecule has 1 spiro atoms. The van der Waals surface area contributed by atoms with Crippen LogP contribution in [0.4, 0.5) is 27.3 Å². The number of thiophene rings is 1. The van der Waals surface area contributed by atoms with E-state index in [9.17, 15) is 18.8 Å². The van der Waals surface area contributed by atoms with Crippen LogP contribution in [0.5, 0.6) is 0 Å². The lowest BCUT2D eigenvalue weighted by molar-refractivity contribution is -0.000519. The highest BCUT2D eigenvalue weighted by Crippen LogP contribution is 2.43. The zero-order chi connectivity index (χ0) is 36.9. The van der Waals surface area contributed by atoms with E-state index < -0.39 is 11.7 Å². The molecule has 5 aromatic rings. The third-order valence-electron chi connectivity index (χ3n) is 10.4. The van der Waals surface area contributed by atoms with Crippen LogP contribution in [0.3, 0.4) is 0 Å². The number of nitrogens with zero attached hydrogens (tertiary/aromatic N) is 4. The van der Waals surface area contributed by atoms with Gasteiger partial charge in [-0.05, 0) is 111 Å². The van der Waals surface area contributed by atoms with E-state index >= 15 is 0 Å². The van der Waals surface area contributed by atoms with Gasteiger partial charge in [0.2, 0.25) is 0 Å². The largest absolute Gasteiger partial charge is 0.381 e. The predicted molar refractivity (Wildman–Crippen MR) is 205 cm³/mol. The fourth-order valence-corrected chi connectivity index (χ4v) is 8.55. The molecule has 3 aliphatic heterocycles. The van der Waals surface area contributed by atoms with E-state index in [-0.39, 0.29) is 22.9 Å². The van der Waals surface area contributed by atoms with Gasteiger partial charge in [0.15, 0.2) is 0 Å². The van der Waals surface area contributed by atoms with E-state index in [4.69, 9.17) is 14.7 Å². The maximum atomic E-state index is 14.5. The molecular weight excluding hydrogens is 692 g/mol. The molecule has 3 aliphatic rings. The molecule has 2 fully saturated rings. The molecule has 0 radical (unpaired) electrons. The molecule has 0 atom stereocenters. The lowest BCUT2D eigenvalue weighted by Gasteiger charge is -2.53. The number of ether oxygens (including phenoxy) is 1. The molecular formula is C41H39FN6O4S. The second kappa shape index (κ2) is 13.8. The number of amides is 3. The molecule has 12 heteroatoms. The number of aromatic nitrogens is 2. The van der Waals surface area contributed by atoms with Crippen LogP contribution < -0.4 is 20.4 Å².